The van der Waals surface area contributed by atoms with Crippen molar-refractivity contribution in [2.45, 2.75) is 407 Å². The highest BCUT2D eigenvalue weighted by atomic mass is 31.2. The minimum atomic E-state index is -4.96. The summed E-state index contributed by atoms with van der Waals surface area (Å²) >= 11 is 0. The van der Waals surface area contributed by atoms with Crippen LogP contribution in [0.4, 0.5) is 0 Å². The fourth-order valence-corrected chi connectivity index (χ4v) is 13.0. The summed E-state index contributed by atoms with van der Waals surface area (Å²) in [6.45, 7) is 9.57. The van der Waals surface area contributed by atoms with Crippen LogP contribution in [-0.4, -0.2) is 96.7 Å². The molecule has 0 spiro atoms. The zero-order valence-electron chi connectivity index (χ0n) is 61.3. The average molecular weight is 1380 g/mol. The molecule has 3 N–H and O–H groups in total. The molecule has 0 bridgehead atoms. The Morgan fingerprint density at radius 3 is 0.809 bits per heavy atom. The van der Waals surface area contributed by atoms with E-state index in [4.69, 9.17) is 37.0 Å². The number of hydrogen-bond acceptors (Lipinski definition) is 15. The molecule has 0 amide bonds. The molecule has 0 radical (unpaired) electrons. The van der Waals surface area contributed by atoms with E-state index in [1.165, 1.54) is 205 Å². The lowest BCUT2D eigenvalue weighted by atomic mass is 9.99. The van der Waals surface area contributed by atoms with E-state index in [-0.39, 0.29) is 25.7 Å². The smallest absolute Gasteiger partial charge is 0.462 e. The first kappa shape index (κ1) is 92.1. The lowest BCUT2D eigenvalue weighted by Gasteiger charge is -2.21. The molecule has 17 nitrogen and oxygen atoms in total. The molecular formula is C75H146O17P2. The highest BCUT2D eigenvalue weighted by Gasteiger charge is 2.30. The first-order chi connectivity index (χ1) is 45.4. The number of esters is 4. The Labute approximate surface area is 575 Å². The van der Waals surface area contributed by atoms with Gasteiger partial charge in [-0.2, -0.15) is 0 Å². The molecule has 0 heterocycles. The van der Waals surface area contributed by atoms with E-state index in [2.05, 4.69) is 41.5 Å². The van der Waals surface area contributed by atoms with Gasteiger partial charge >= 0.3 is 39.5 Å². The summed E-state index contributed by atoms with van der Waals surface area (Å²) in [6.07, 6.45) is 54.2. The Kier molecular flexibility index (Phi) is 65.5. The van der Waals surface area contributed by atoms with Crippen molar-refractivity contribution in [2.24, 2.45) is 11.8 Å². The maximum atomic E-state index is 13.1. The van der Waals surface area contributed by atoms with E-state index in [1.807, 2.05) is 0 Å². The number of aliphatic hydroxyl groups excluding tert-OH is 1. The summed E-state index contributed by atoms with van der Waals surface area (Å²) in [4.78, 5) is 72.6. The van der Waals surface area contributed by atoms with Crippen LogP contribution < -0.4 is 0 Å². The van der Waals surface area contributed by atoms with Gasteiger partial charge in [-0.1, -0.05) is 337 Å². The Morgan fingerprint density at radius 2 is 0.543 bits per heavy atom. The number of phosphoric ester groups is 2. The van der Waals surface area contributed by atoms with Crippen LogP contribution in [0.1, 0.15) is 388 Å². The molecule has 0 aliphatic heterocycles. The van der Waals surface area contributed by atoms with Gasteiger partial charge in [-0.05, 0) is 37.5 Å². The van der Waals surface area contributed by atoms with Crippen LogP contribution in [0.5, 0.6) is 0 Å². The van der Waals surface area contributed by atoms with Crippen LogP contribution >= 0.6 is 15.6 Å². The molecule has 6 atom stereocenters. The van der Waals surface area contributed by atoms with Crippen molar-refractivity contribution in [3.63, 3.8) is 0 Å². The zero-order chi connectivity index (χ0) is 69.3. The van der Waals surface area contributed by atoms with Crippen LogP contribution in [0.2, 0.25) is 0 Å². The molecule has 19 heteroatoms. The van der Waals surface area contributed by atoms with Gasteiger partial charge in [0, 0.05) is 25.7 Å². The van der Waals surface area contributed by atoms with Crippen molar-refractivity contribution >= 4 is 39.5 Å². The van der Waals surface area contributed by atoms with Gasteiger partial charge in [0.1, 0.15) is 19.3 Å². The van der Waals surface area contributed by atoms with Gasteiger partial charge in [-0.25, -0.2) is 9.13 Å². The number of carbonyl (C=O) groups excluding carboxylic acids is 4. The van der Waals surface area contributed by atoms with E-state index in [0.717, 1.165) is 95.8 Å². The van der Waals surface area contributed by atoms with E-state index < -0.39 is 97.5 Å². The zero-order valence-corrected chi connectivity index (χ0v) is 63.1. The van der Waals surface area contributed by atoms with Gasteiger partial charge < -0.3 is 33.8 Å². The first-order valence-electron chi connectivity index (χ1n) is 39.0. The summed E-state index contributed by atoms with van der Waals surface area (Å²) < 4.78 is 68.4. The molecule has 0 aromatic rings. The van der Waals surface area contributed by atoms with Crippen LogP contribution in [-0.2, 0) is 65.4 Å². The van der Waals surface area contributed by atoms with Crippen molar-refractivity contribution < 1.29 is 80.2 Å². The molecule has 94 heavy (non-hydrogen) atoms. The third-order valence-electron chi connectivity index (χ3n) is 17.8. The molecule has 0 aromatic heterocycles. The second-order valence-corrected chi connectivity index (χ2v) is 30.7. The van der Waals surface area contributed by atoms with E-state index >= 15 is 0 Å². The largest absolute Gasteiger partial charge is 0.472 e. The Morgan fingerprint density at radius 1 is 0.309 bits per heavy atom. The number of aliphatic hydroxyl groups is 1. The van der Waals surface area contributed by atoms with Gasteiger partial charge in [0.15, 0.2) is 12.2 Å². The fraction of sp³-hybridized carbons (Fsp3) is 0.947. The molecule has 0 aromatic carbocycles. The summed E-state index contributed by atoms with van der Waals surface area (Å²) in [5, 5.41) is 10.6. The second kappa shape index (κ2) is 66.9. The van der Waals surface area contributed by atoms with Gasteiger partial charge in [-0.15, -0.1) is 0 Å². The normalized spacial score (nSPS) is 14.3. The Balaban J connectivity index is 5.16. The summed E-state index contributed by atoms with van der Waals surface area (Å²) in [5.74, 6) is -0.554. The van der Waals surface area contributed by atoms with Crippen molar-refractivity contribution in [1.29, 1.82) is 0 Å². The molecule has 558 valence electrons. The highest BCUT2D eigenvalue weighted by molar-refractivity contribution is 7.47. The highest BCUT2D eigenvalue weighted by Crippen LogP contribution is 2.45. The van der Waals surface area contributed by atoms with E-state index in [1.54, 1.807) is 0 Å². The second-order valence-electron chi connectivity index (χ2n) is 27.8. The maximum absolute atomic E-state index is 13.1. The molecule has 0 saturated heterocycles. The molecule has 0 rings (SSSR count). The van der Waals surface area contributed by atoms with Gasteiger partial charge in [-0.3, -0.25) is 37.3 Å². The molecule has 0 fully saturated rings. The van der Waals surface area contributed by atoms with E-state index in [0.29, 0.717) is 31.6 Å². The fourth-order valence-electron chi connectivity index (χ4n) is 11.4. The minimum absolute atomic E-state index is 0.104. The third-order valence-corrected chi connectivity index (χ3v) is 19.7. The number of phosphoric acid groups is 2. The number of ether oxygens (including phenoxy) is 4. The first-order valence-corrected chi connectivity index (χ1v) is 42.0. The van der Waals surface area contributed by atoms with Crippen molar-refractivity contribution in [3.8, 4) is 0 Å². The molecule has 3 unspecified atom stereocenters. The predicted molar refractivity (Wildman–Crippen MR) is 381 cm³/mol. The lowest BCUT2D eigenvalue weighted by molar-refractivity contribution is -0.161. The average Bonchev–Trinajstić information content (AvgIpc) is 1.80. The SMILES string of the molecule is CCCCCCCCCCCCCCCC(=O)OC[C@H](COP(=O)(O)OC[C@@H](O)COP(=O)(O)OC[C@@H](COC(=O)CCCCCCCCCCC)OC(=O)CCCCCCCCCC(C)C)OC(=O)CCCCCCCCCCCCCCCCCCCCC(C)CC. The Hall–Kier alpha value is -1.94. The molecular weight excluding hydrogens is 1230 g/mol. The lowest BCUT2D eigenvalue weighted by Crippen LogP contribution is -2.30. The van der Waals surface area contributed by atoms with Gasteiger partial charge in [0.2, 0.25) is 0 Å². The minimum Gasteiger partial charge on any atom is -0.462 e. The topological polar surface area (TPSA) is 237 Å². The maximum Gasteiger partial charge on any atom is 0.472 e. The van der Waals surface area contributed by atoms with E-state index in [9.17, 15) is 43.2 Å². The van der Waals surface area contributed by atoms with Crippen LogP contribution in [0.25, 0.3) is 0 Å². The number of rotatable bonds is 74. The number of unbranched alkanes of at least 4 members (excludes halogenated alkanes) is 43. The Bertz CT molecular complexity index is 1820. The third kappa shape index (κ3) is 67.3. The van der Waals surface area contributed by atoms with Crippen LogP contribution in [0, 0.1) is 11.8 Å². The quantitative estimate of drug-likeness (QED) is 0.0222. The number of hydrogen-bond donors (Lipinski definition) is 3. The van der Waals surface area contributed by atoms with Crippen molar-refractivity contribution in [1.82, 2.24) is 0 Å². The van der Waals surface area contributed by atoms with Crippen LogP contribution in [0.3, 0.4) is 0 Å². The number of carbonyl (C=O) groups is 4. The van der Waals surface area contributed by atoms with Crippen LogP contribution in [0.15, 0.2) is 0 Å². The van der Waals surface area contributed by atoms with Crippen molar-refractivity contribution in [3.05, 3.63) is 0 Å². The summed E-state index contributed by atoms with van der Waals surface area (Å²) in [5.41, 5.74) is 0. The molecule has 0 saturated carbocycles. The van der Waals surface area contributed by atoms with Crippen molar-refractivity contribution in [2.75, 3.05) is 39.6 Å². The summed E-state index contributed by atoms with van der Waals surface area (Å²) in [6, 6.07) is 0. The van der Waals surface area contributed by atoms with Gasteiger partial charge in [0.05, 0.1) is 26.4 Å². The predicted octanol–water partition coefficient (Wildman–Crippen LogP) is 21.9. The standard InChI is InChI=1S/C75H146O17P2/c1-7-10-12-14-16-18-19-26-30-34-40-46-52-58-73(78)86-63-70(91-74(79)59-53-47-41-35-31-28-25-23-21-20-22-24-27-29-33-38-44-50-56-68(6)9-3)65-89-93(81,82)87-61-69(76)62-88-94(83,84)90-66-71(64-85-72(77)57-51-45-39-32-17-15-13-11-8-2)92-75(80)60-54-48-42-36-37-43-49-55-67(4)5/h67-71,76H,7-66H2,1-6H3,(H,81,82)(H,83,84)/t68?,69-,70-,71-/m1/s1. The summed E-state index contributed by atoms with van der Waals surface area (Å²) in [7, 11) is -9.90. The molecule has 0 aliphatic rings. The molecule has 0 aliphatic carbocycles. The monoisotopic (exact) mass is 1380 g/mol. The van der Waals surface area contributed by atoms with Gasteiger partial charge in [0.25, 0.3) is 0 Å².